The summed E-state index contributed by atoms with van der Waals surface area (Å²) in [5.41, 5.74) is 0. The van der Waals surface area contributed by atoms with Crippen molar-refractivity contribution in [2.75, 3.05) is 39.6 Å². The molecule has 0 saturated carbocycles. The Bertz CT molecular complexity index is 1990. The van der Waals surface area contributed by atoms with Crippen LogP contribution in [0.5, 0.6) is 0 Å². The van der Waals surface area contributed by atoms with E-state index in [9.17, 15) is 43.2 Å². The lowest BCUT2D eigenvalue weighted by Gasteiger charge is -2.21. The molecule has 17 nitrogen and oxygen atoms in total. The Kier molecular flexibility index (Phi) is 70.6. The summed E-state index contributed by atoms with van der Waals surface area (Å²) in [6.45, 7) is 14.3. The maximum absolute atomic E-state index is 13.1. The predicted molar refractivity (Wildman–Crippen MR) is 418 cm³/mol. The molecule has 0 aliphatic rings. The molecule has 0 bridgehead atoms. The Hall–Kier alpha value is -1.94. The zero-order valence-electron chi connectivity index (χ0n) is 67.2. The van der Waals surface area contributed by atoms with Gasteiger partial charge in [0.1, 0.15) is 19.3 Å². The van der Waals surface area contributed by atoms with Crippen molar-refractivity contribution < 1.29 is 80.2 Å². The van der Waals surface area contributed by atoms with Crippen LogP contribution in [-0.2, 0) is 65.4 Å². The van der Waals surface area contributed by atoms with Crippen molar-refractivity contribution in [2.45, 2.75) is 446 Å². The smallest absolute Gasteiger partial charge is 0.462 e. The maximum Gasteiger partial charge on any atom is 0.472 e. The fourth-order valence-electron chi connectivity index (χ4n) is 12.7. The molecule has 0 aliphatic carbocycles. The van der Waals surface area contributed by atoms with Crippen molar-refractivity contribution in [1.82, 2.24) is 0 Å². The van der Waals surface area contributed by atoms with Crippen LogP contribution in [0, 0.1) is 23.7 Å². The number of esters is 4. The Morgan fingerprint density at radius 3 is 0.696 bits per heavy atom. The normalized spacial score (nSPS) is 14.5. The molecule has 0 rings (SSSR count). The number of phosphoric acid groups is 2. The minimum absolute atomic E-state index is 0.102. The fourth-order valence-corrected chi connectivity index (χ4v) is 14.3. The quantitative estimate of drug-likeness (QED) is 0.0222. The molecule has 5 unspecified atom stereocenters. The number of carbonyl (C=O) groups is 4. The largest absolute Gasteiger partial charge is 0.472 e. The second-order valence-electron chi connectivity index (χ2n) is 31.3. The van der Waals surface area contributed by atoms with Crippen molar-refractivity contribution in [2.24, 2.45) is 23.7 Å². The van der Waals surface area contributed by atoms with Gasteiger partial charge in [-0.1, -0.05) is 376 Å². The minimum Gasteiger partial charge on any atom is -0.462 e. The van der Waals surface area contributed by atoms with Gasteiger partial charge in [-0.3, -0.25) is 37.3 Å². The number of rotatable bonds is 80. The highest BCUT2D eigenvalue weighted by atomic mass is 31.2. The molecule has 0 aliphatic heterocycles. The van der Waals surface area contributed by atoms with Gasteiger partial charge in [-0.2, -0.15) is 0 Å². The molecule has 0 spiro atoms. The van der Waals surface area contributed by atoms with Crippen molar-refractivity contribution in [3.63, 3.8) is 0 Å². The summed E-state index contributed by atoms with van der Waals surface area (Å²) in [7, 11) is -9.92. The van der Waals surface area contributed by atoms with E-state index < -0.39 is 97.5 Å². The lowest BCUT2D eigenvalue weighted by atomic mass is 9.99. The van der Waals surface area contributed by atoms with Gasteiger partial charge in [-0.15, -0.1) is 0 Å². The SMILES string of the molecule is CCC(C)CCCCCCCCCCCCCCCCCCCCC(=O)OC[C@H](COP(=O)(O)OCC(O)COP(=O)(O)OC[C@@H](COC(=O)CCCCCCCCCCC(C)C)OC(=O)CCCCCCCCC(C)CC)OC(=O)CCCCCCCCCCCCCCCCCCC(C)C. The van der Waals surface area contributed by atoms with Crippen LogP contribution in [0.1, 0.15) is 428 Å². The van der Waals surface area contributed by atoms with Gasteiger partial charge in [0, 0.05) is 25.7 Å². The maximum atomic E-state index is 13.1. The molecule has 0 fully saturated rings. The van der Waals surface area contributed by atoms with Crippen molar-refractivity contribution >= 4 is 39.5 Å². The van der Waals surface area contributed by atoms with Gasteiger partial charge in [0.15, 0.2) is 12.2 Å². The summed E-state index contributed by atoms with van der Waals surface area (Å²) < 4.78 is 68.7. The lowest BCUT2D eigenvalue weighted by Crippen LogP contribution is -2.30. The third kappa shape index (κ3) is 73.6. The van der Waals surface area contributed by atoms with E-state index in [4.69, 9.17) is 37.0 Å². The van der Waals surface area contributed by atoms with Crippen LogP contribution in [-0.4, -0.2) is 96.7 Å². The van der Waals surface area contributed by atoms with E-state index in [1.807, 2.05) is 0 Å². The van der Waals surface area contributed by atoms with Gasteiger partial charge in [0.2, 0.25) is 0 Å². The number of phosphoric ester groups is 2. The van der Waals surface area contributed by atoms with Crippen molar-refractivity contribution in [1.29, 1.82) is 0 Å². The summed E-state index contributed by atoms with van der Waals surface area (Å²) in [5, 5.41) is 10.6. The van der Waals surface area contributed by atoms with Crippen LogP contribution in [0.3, 0.4) is 0 Å². The highest BCUT2D eigenvalue weighted by Crippen LogP contribution is 2.45. The number of hydrogen-bond donors (Lipinski definition) is 3. The van der Waals surface area contributed by atoms with Gasteiger partial charge >= 0.3 is 39.5 Å². The summed E-state index contributed by atoms with van der Waals surface area (Å²) in [5.74, 6) is 1.01. The first-order valence-corrected chi connectivity index (χ1v) is 45.8. The monoisotopic (exact) mass is 1490 g/mol. The molecule has 606 valence electrons. The summed E-state index contributed by atoms with van der Waals surface area (Å²) in [6, 6.07) is 0. The average Bonchev–Trinajstić information content (AvgIpc) is 0.914. The molecule has 0 aromatic rings. The van der Waals surface area contributed by atoms with E-state index in [1.165, 1.54) is 231 Å². The molecule has 0 aromatic carbocycles. The summed E-state index contributed by atoms with van der Waals surface area (Å²) in [6.07, 6.45) is 59.9. The van der Waals surface area contributed by atoms with E-state index in [2.05, 4.69) is 55.4 Å². The Labute approximate surface area is 626 Å². The first kappa shape index (κ1) is 100. The summed E-state index contributed by atoms with van der Waals surface area (Å²) in [4.78, 5) is 73.0. The van der Waals surface area contributed by atoms with Crippen LogP contribution >= 0.6 is 15.6 Å². The van der Waals surface area contributed by atoms with Gasteiger partial charge in [-0.25, -0.2) is 9.13 Å². The first-order chi connectivity index (χ1) is 49.2. The minimum atomic E-state index is -4.96. The van der Waals surface area contributed by atoms with Gasteiger partial charge in [0.25, 0.3) is 0 Å². The molecule has 19 heteroatoms. The van der Waals surface area contributed by atoms with E-state index in [-0.39, 0.29) is 25.7 Å². The Morgan fingerprint density at radius 1 is 0.275 bits per heavy atom. The topological polar surface area (TPSA) is 237 Å². The van der Waals surface area contributed by atoms with Crippen LogP contribution in [0.25, 0.3) is 0 Å². The fraction of sp³-hybridized carbons (Fsp3) is 0.952. The lowest BCUT2D eigenvalue weighted by molar-refractivity contribution is -0.161. The molecule has 0 heterocycles. The zero-order chi connectivity index (χ0) is 75.3. The number of aliphatic hydroxyl groups excluding tert-OH is 1. The van der Waals surface area contributed by atoms with Gasteiger partial charge in [0.05, 0.1) is 26.4 Å². The highest BCUT2D eigenvalue weighted by Gasteiger charge is 2.30. The number of hydrogen-bond acceptors (Lipinski definition) is 15. The van der Waals surface area contributed by atoms with Crippen LogP contribution in [0.2, 0.25) is 0 Å². The molecule has 7 atom stereocenters. The zero-order valence-corrected chi connectivity index (χ0v) is 69.0. The molecule has 0 amide bonds. The van der Waals surface area contributed by atoms with E-state index >= 15 is 0 Å². The molecular formula is C83H162O17P2. The molecule has 3 N–H and O–H groups in total. The van der Waals surface area contributed by atoms with Crippen LogP contribution in [0.15, 0.2) is 0 Å². The number of ether oxygens (including phenoxy) is 4. The standard InChI is InChI=1S/C83H162O17P2/c1-9-75(7)61-53-45-37-30-26-22-18-13-11-12-14-19-23-27-31-38-47-55-63-80(85)93-69-78(99-82(87)65-57-49-40-32-28-24-20-16-15-17-21-25-29-35-43-51-59-73(3)4)71-97-101(89,90)95-67-77(84)68-96-102(91,92)98-72-79(100-83(88)66-58-50-42-41-46-54-62-76(8)10-2)70-94-81(86)64-56-48-39-34-33-36-44-52-60-74(5)6/h73-79,84H,9-72H2,1-8H3,(H,89,90)(H,91,92)/t75?,76?,77?,78-,79-/m1/s1. The third-order valence-electron chi connectivity index (χ3n) is 20.0. The first-order valence-electron chi connectivity index (χ1n) is 42.8. The second kappa shape index (κ2) is 72.0. The molecule has 0 radical (unpaired) electrons. The van der Waals surface area contributed by atoms with Crippen molar-refractivity contribution in [3.8, 4) is 0 Å². The average molecular weight is 1490 g/mol. The third-order valence-corrected chi connectivity index (χ3v) is 21.9. The van der Waals surface area contributed by atoms with E-state index in [1.54, 1.807) is 0 Å². The number of unbranched alkanes of at least 4 members (excludes halogenated alkanes) is 44. The summed E-state index contributed by atoms with van der Waals surface area (Å²) >= 11 is 0. The van der Waals surface area contributed by atoms with Crippen LogP contribution < -0.4 is 0 Å². The molecule has 102 heavy (non-hydrogen) atoms. The van der Waals surface area contributed by atoms with E-state index in [0.29, 0.717) is 25.7 Å². The molecule has 0 saturated heterocycles. The van der Waals surface area contributed by atoms with Gasteiger partial charge in [-0.05, 0) is 49.4 Å². The second-order valence-corrected chi connectivity index (χ2v) is 34.2. The Morgan fingerprint density at radius 2 is 0.471 bits per heavy atom. The Balaban J connectivity index is 5.19. The highest BCUT2D eigenvalue weighted by molar-refractivity contribution is 7.47. The van der Waals surface area contributed by atoms with E-state index in [0.717, 1.165) is 114 Å². The molecular weight excluding hydrogens is 1330 g/mol. The predicted octanol–water partition coefficient (Wildman–Crippen LogP) is 24.8. The van der Waals surface area contributed by atoms with Crippen LogP contribution in [0.4, 0.5) is 0 Å². The van der Waals surface area contributed by atoms with Crippen molar-refractivity contribution in [3.05, 3.63) is 0 Å². The number of carbonyl (C=O) groups excluding carboxylic acids is 4. The number of aliphatic hydroxyl groups is 1. The molecule has 0 aromatic heterocycles. The van der Waals surface area contributed by atoms with Gasteiger partial charge < -0.3 is 33.8 Å².